The van der Waals surface area contributed by atoms with Crippen LogP contribution in [0.4, 0.5) is 0 Å². The molecule has 0 unspecified atom stereocenters. The van der Waals surface area contributed by atoms with Crippen LogP contribution in [0.5, 0.6) is 0 Å². The van der Waals surface area contributed by atoms with E-state index in [4.69, 9.17) is 11.6 Å². The summed E-state index contributed by atoms with van der Waals surface area (Å²) < 4.78 is 0.928. The number of halogens is 2. The predicted molar refractivity (Wildman–Crippen MR) is 72.0 cm³/mol. The summed E-state index contributed by atoms with van der Waals surface area (Å²) in [5, 5.41) is 0.461. The summed E-state index contributed by atoms with van der Waals surface area (Å²) in [6.45, 7) is 2.10. The lowest BCUT2D eigenvalue weighted by atomic mass is 10.2. The number of hydrogen-bond acceptors (Lipinski definition) is 3. The van der Waals surface area contributed by atoms with Crippen LogP contribution in [0.2, 0.25) is 5.15 Å². The number of hydrogen-bond donors (Lipinski definition) is 0. The standard InChI is InChI=1S/C12H11BrClN3/c1-2-3-9-6-11(14)17-12(16-9)10-5-4-8(13)7-15-10/h4-7H,2-3H2,1H3. The lowest BCUT2D eigenvalue weighted by molar-refractivity contribution is 0.874. The third kappa shape index (κ3) is 3.23. The normalized spacial score (nSPS) is 10.5. The van der Waals surface area contributed by atoms with Gasteiger partial charge >= 0.3 is 0 Å². The smallest absolute Gasteiger partial charge is 0.179 e. The molecule has 0 saturated heterocycles. The molecule has 0 N–H and O–H groups in total. The van der Waals surface area contributed by atoms with Crippen molar-refractivity contribution in [1.29, 1.82) is 0 Å². The zero-order valence-electron chi connectivity index (χ0n) is 9.32. The topological polar surface area (TPSA) is 38.7 Å². The first-order valence-electron chi connectivity index (χ1n) is 5.34. The van der Waals surface area contributed by atoms with Crippen molar-refractivity contribution in [3.63, 3.8) is 0 Å². The van der Waals surface area contributed by atoms with E-state index in [0.717, 1.165) is 28.7 Å². The van der Waals surface area contributed by atoms with Crippen molar-refractivity contribution in [3.05, 3.63) is 39.7 Å². The molecule has 17 heavy (non-hydrogen) atoms. The van der Waals surface area contributed by atoms with E-state index in [-0.39, 0.29) is 0 Å². The number of aromatic nitrogens is 3. The molecule has 0 aliphatic rings. The number of rotatable bonds is 3. The van der Waals surface area contributed by atoms with Crippen LogP contribution in [0.15, 0.2) is 28.9 Å². The Morgan fingerprint density at radius 3 is 2.76 bits per heavy atom. The second kappa shape index (κ2) is 5.56. The Labute approximate surface area is 113 Å². The van der Waals surface area contributed by atoms with Crippen molar-refractivity contribution in [3.8, 4) is 11.5 Å². The van der Waals surface area contributed by atoms with E-state index >= 15 is 0 Å². The highest BCUT2D eigenvalue weighted by Gasteiger charge is 2.06. The van der Waals surface area contributed by atoms with Crippen LogP contribution >= 0.6 is 27.5 Å². The van der Waals surface area contributed by atoms with Gasteiger partial charge in [0.05, 0.1) is 0 Å². The van der Waals surface area contributed by atoms with Crippen molar-refractivity contribution in [1.82, 2.24) is 15.0 Å². The molecule has 2 aromatic rings. The van der Waals surface area contributed by atoms with Gasteiger partial charge in [0.15, 0.2) is 5.82 Å². The molecular formula is C12H11BrClN3. The summed E-state index contributed by atoms with van der Waals surface area (Å²) in [5.74, 6) is 0.577. The van der Waals surface area contributed by atoms with Gasteiger partial charge in [-0.1, -0.05) is 24.9 Å². The van der Waals surface area contributed by atoms with Gasteiger partial charge in [-0.25, -0.2) is 9.97 Å². The van der Waals surface area contributed by atoms with E-state index in [9.17, 15) is 0 Å². The van der Waals surface area contributed by atoms with Gasteiger partial charge in [-0.3, -0.25) is 4.98 Å². The molecule has 0 spiro atoms. The summed E-state index contributed by atoms with van der Waals surface area (Å²) in [5.41, 5.74) is 1.68. The first kappa shape index (κ1) is 12.5. The minimum absolute atomic E-state index is 0.461. The fraction of sp³-hybridized carbons (Fsp3) is 0.250. The molecule has 0 radical (unpaired) electrons. The zero-order chi connectivity index (χ0) is 12.3. The third-order valence-corrected chi connectivity index (χ3v) is 2.87. The number of pyridine rings is 1. The Hall–Kier alpha value is -1.00. The fourth-order valence-corrected chi connectivity index (χ4v) is 1.91. The molecule has 88 valence electrons. The molecule has 0 aliphatic carbocycles. The molecule has 2 aromatic heterocycles. The van der Waals surface area contributed by atoms with Crippen LogP contribution < -0.4 is 0 Å². The Morgan fingerprint density at radius 1 is 1.29 bits per heavy atom. The van der Waals surface area contributed by atoms with Crippen LogP contribution in [0.25, 0.3) is 11.5 Å². The van der Waals surface area contributed by atoms with E-state index in [2.05, 4.69) is 37.8 Å². The minimum Gasteiger partial charge on any atom is -0.252 e. The van der Waals surface area contributed by atoms with Crippen LogP contribution in [0, 0.1) is 0 Å². The molecule has 0 saturated carbocycles. The van der Waals surface area contributed by atoms with E-state index in [1.807, 2.05) is 12.1 Å². The fourth-order valence-electron chi connectivity index (χ4n) is 1.47. The second-order valence-electron chi connectivity index (χ2n) is 3.62. The summed E-state index contributed by atoms with van der Waals surface area (Å²) >= 11 is 9.32. The zero-order valence-corrected chi connectivity index (χ0v) is 11.7. The molecule has 0 aromatic carbocycles. The molecule has 0 fully saturated rings. The minimum atomic E-state index is 0.461. The molecule has 5 heteroatoms. The van der Waals surface area contributed by atoms with Crippen LogP contribution in [-0.2, 0) is 6.42 Å². The van der Waals surface area contributed by atoms with Crippen molar-refractivity contribution >= 4 is 27.5 Å². The molecule has 0 bridgehead atoms. The van der Waals surface area contributed by atoms with E-state index in [1.54, 1.807) is 12.3 Å². The number of aryl methyl sites for hydroxylation is 1. The van der Waals surface area contributed by atoms with Gasteiger partial charge in [-0.15, -0.1) is 0 Å². The molecule has 0 amide bonds. The van der Waals surface area contributed by atoms with Gasteiger partial charge in [-0.05, 0) is 40.5 Å². The van der Waals surface area contributed by atoms with Crippen molar-refractivity contribution < 1.29 is 0 Å². The molecule has 0 aliphatic heterocycles. The van der Waals surface area contributed by atoms with Gasteiger partial charge in [0.1, 0.15) is 10.8 Å². The first-order chi connectivity index (χ1) is 8.19. The second-order valence-corrected chi connectivity index (χ2v) is 4.92. The Bertz CT molecular complexity index is 514. The van der Waals surface area contributed by atoms with Gasteiger partial charge in [-0.2, -0.15) is 0 Å². The lowest BCUT2D eigenvalue weighted by Crippen LogP contribution is -1.97. The maximum absolute atomic E-state index is 5.98. The van der Waals surface area contributed by atoms with Crippen molar-refractivity contribution in [2.45, 2.75) is 19.8 Å². The van der Waals surface area contributed by atoms with Crippen LogP contribution in [-0.4, -0.2) is 15.0 Å². The van der Waals surface area contributed by atoms with Gasteiger partial charge < -0.3 is 0 Å². The van der Waals surface area contributed by atoms with Gasteiger partial charge in [0, 0.05) is 16.4 Å². The molecular weight excluding hydrogens is 302 g/mol. The maximum atomic E-state index is 5.98. The third-order valence-electron chi connectivity index (χ3n) is 2.21. The molecule has 2 heterocycles. The highest BCUT2D eigenvalue weighted by Crippen LogP contribution is 2.18. The first-order valence-corrected chi connectivity index (χ1v) is 6.51. The maximum Gasteiger partial charge on any atom is 0.179 e. The summed E-state index contributed by atoms with van der Waals surface area (Å²) in [6.07, 6.45) is 3.64. The summed E-state index contributed by atoms with van der Waals surface area (Å²) in [4.78, 5) is 12.9. The van der Waals surface area contributed by atoms with Gasteiger partial charge in [0.25, 0.3) is 0 Å². The van der Waals surface area contributed by atoms with Gasteiger partial charge in [0.2, 0.25) is 0 Å². The van der Waals surface area contributed by atoms with Crippen molar-refractivity contribution in [2.75, 3.05) is 0 Å². The Morgan fingerprint density at radius 2 is 2.12 bits per heavy atom. The lowest BCUT2D eigenvalue weighted by Gasteiger charge is -2.03. The summed E-state index contributed by atoms with van der Waals surface area (Å²) in [6, 6.07) is 5.57. The quantitative estimate of drug-likeness (QED) is 0.807. The Kier molecular flexibility index (Phi) is 4.07. The average molecular weight is 313 g/mol. The van der Waals surface area contributed by atoms with E-state index < -0.39 is 0 Å². The highest BCUT2D eigenvalue weighted by molar-refractivity contribution is 9.10. The largest absolute Gasteiger partial charge is 0.252 e. The van der Waals surface area contributed by atoms with Crippen LogP contribution in [0.3, 0.4) is 0 Å². The molecule has 3 nitrogen and oxygen atoms in total. The highest BCUT2D eigenvalue weighted by atomic mass is 79.9. The Balaban J connectivity index is 2.40. The predicted octanol–water partition coefficient (Wildman–Crippen LogP) is 3.91. The van der Waals surface area contributed by atoms with Crippen molar-refractivity contribution in [2.24, 2.45) is 0 Å². The SMILES string of the molecule is CCCc1cc(Cl)nc(-c2ccc(Br)cn2)n1. The molecule has 2 rings (SSSR count). The molecule has 0 atom stereocenters. The van der Waals surface area contributed by atoms with E-state index in [1.165, 1.54) is 0 Å². The average Bonchev–Trinajstić information content (AvgIpc) is 2.29. The number of nitrogens with zero attached hydrogens (tertiary/aromatic N) is 3. The van der Waals surface area contributed by atoms with Crippen LogP contribution in [0.1, 0.15) is 19.0 Å². The van der Waals surface area contributed by atoms with E-state index in [0.29, 0.717) is 11.0 Å². The summed E-state index contributed by atoms with van der Waals surface area (Å²) in [7, 11) is 0. The monoisotopic (exact) mass is 311 g/mol.